The molecule has 2 aromatic heterocycles. The molecule has 2 aliphatic rings. The SMILES string of the molecule is CC1=C(C(=O)Nc2ccccn2)C(c2ccccc2)C2=C(CC(c3ccco3)CC2=O)N1. The van der Waals surface area contributed by atoms with Crippen molar-refractivity contribution in [3.05, 3.63) is 107 Å². The highest BCUT2D eigenvalue weighted by atomic mass is 16.3. The lowest BCUT2D eigenvalue weighted by Crippen LogP contribution is -2.37. The number of dihydropyridines is 1. The number of ketones is 1. The Morgan fingerprint density at radius 2 is 1.88 bits per heavy atom. The number of nitrogens with zero attached hydrogens (tertiary/aromatic N) is 1. The number of furan rings is 1. The first-order valence-corrected chi connectivity index (χ1v) is 10.7. The lowest BCUT2D eigenvalue weighted by Gasteiger charge is -2.36. The van der Waals surface area contributed by atoms with Crippen LogP contribution >= 0.6 is 0 Å². The van der Waals surface area contributed by atoms with E-state index in [1.807, 2.05) is 55.5 Å². The number of carbonyl (C=O) groups is 2. The fraction of sp³-hybridized carbons (Fsp3) is 0.192. The van der Waals surface area contributed by atoms with E-state index in [9.17, 15) is 9.59 Å². The van der Waals surface area contributed by atoms with Gasteiger partial charge in [0.05, 0.1) is 6.26 Å². The molecule has 0 saturated heterocycles. The molecule has 2 atom stereocenters. The van der Waals surface area contributed by atoms with E-state index in [1.54, 1.807) is 24.6 Å². The van der Waals surface area contributed by atoms with Crippen LogP contribution in [0.1, 0.15) is 42.9 Å². The average Bonchev–Trinajstić information content (AvgIpc) is 3.34. The van der Waals surface area contributed by atoms with Gasteiger partial charge in [0, 0.05) is 47.0 Å². The van der Waals surface area contributed by atoms with Crippen molar-refractivity contribution < 1.29 is 14.0 Å². The molecule has 0 fully saturated rings. The van der Waals surface area contributed by atoms with E-state index in [0.717, 1.165) is 22.7 Å². The number of hydrogen-bond donors (Lipinski definition) is 2. The first-order chi connectivity index (χ1) is 15.6. The molecule has 32 heavy (non-hydrogen) atoms. The second-order valence-electron chi connectivity index (χ2n) is 8.11. The van der Waals surface area contributed by atoms with Crippen LogP contribution in [0.2, 0.25) is 0 Å². The Balaban J connectivity index is 1.56. The highest BCUT2D eigenvalue weighted by Crippen LogP contribution is 2.45. The van der Waals surface area contributed by atoms with Crippen LogP contribution in [-0.4, -0.2) is 16.7 Å². The summed E-state index contributed by atoms with van der Waals surface area (Å²) < 4.78 is 5.58. The molecule has 5 rings (SSSR count). The van der Waals surface area contributed by atoms with Gasteiger partial charge in [-0.3, -0.25) is 9.59 Å². The van der Waals surface area contributed by atoms with Gasteiger partial charge in [0.25, 0.3) is 5.91 Å². The Bertz CT molecular complexity index is 1210. The molecule has 0 spiro atoms. The number of Topliss-reactive ketones (excluding diaryl/α,β-unsaturated/α-hetero) is 1. The van der Waals surface area contributed by atoms with Crippen molar-refractivity contribution in [1.29, 1.82) is 0 Å². The third kappa shape index (κ3) is 3.64. The minimum Gasteiger partial charge on any atom is -0.469 e. The predicted octanol–water partition coefficient (Wildman–Crippen LogP) is 4.67. The average molecular weight is 425 g/mol. The Kier molecular flexibility index (Phi) is 5.19. The number of anilines is 1. The number of hydrogen-bond acceptors (Lipinski definition) is 5. The van der Waals surface area contributed by atoms with E-state index in [2.05, 4.69) is 15.6 Å². The molecule has 2 unspecified atom stereocenters. The fourth-order valence-electron chi connectivity index (χ4n) is 4.66. The molecule has 0 saturated carbocycles. The third-order valence-corrected chi connectivity index (χ3v) is 6.06. The first kappa shape index (κ1) is 20.0. The van der Waals surface area contributed by atoms with Gasteiger partial charge in [0.2, 0.25) is 0 Å². The number of allylic oxidation sites excluding steroid dienone is 3. The lowest BCUT2D eigenvalue weighted by molar-refractivity contribution is -0.116. The number of carbonyl (C=O) groups excluding carboxylic acids is 2. The van der Waals surface area contributed by atoms with Crippen LogP contribution in [0.3, 0.4) is 0 Å². The van der Waals surface area contributed by atoms with Crippen molar-refractivity contribution in [2.24, 2.45) is 0 Å². The molecule has 0 radical (unpaired) electrons. The van der Waals surface area contributed by atoms with Crippen LogP contribution in [0.25, 0.3) is 0 Å². The Morgan fingerprint density at radius 3 is 2.59 bits per heavy atom. The number of benzene rings is 1. The van der Waals surface area contributed by atoms with Crippen LogP contribution in [-0.2, 0) is 9.59 Å². The number of aromatic nitrogens is 1. The standard InChI is InChI=1S/C26H23N3O3/c1-16-23(26(31)29-22-11-5-6-12-27-22)24(17-8-3-2-4-9-17)25-19(28-16)14-18(15-20(25)30)21-10-7-13-32-21/h2-13,18,24,28H,14-15H2,1H3,(H,27,29,31). The molecule has 3 aromatic rings. The summed E-state index contributed by atoms with van der Waals surface area (Å²) in [6.07, 6.45) is 4.27. The van der Waals surface area contributed by atoms with Crippen molar-refractivity contribution in [2.45, 2.75) is 31.6 Å². The van der Waals surface area contributed by atoms with Gasteiger partial charge in [0.1, 0.15) is 11.6 Å². The Labute approximate surface area is 186 Å². The predicted molar refractivity (Wildman–Crippen MR) is 121 cm³/mol. The van der Waals surface area contributed by atoms with Crippen LogP contribution in [0.15, 0.2) is 100 Å². The van der Waals surface area contributed by atoms with E-state index in [1.165, 1.54) is 0 Å². The summed E-state index contributed by atoms with van der Waals surface area (Å²) in [5.41, 5.74) is 3.71. The Morgan fingerprint density at radius 1 is 1.06 bits per heavy atom. The molecule has 6 nitrogen and oxygen atoms in total. The largest absolute Gasteiger partial charge is 0.469 e. The van der Waals surface area contributed by atoms with Crippen LogP contribution in [0, 0.1) is 0 Å². The molecular weight excluding hydrogens is 402 g/mol. The smallest absolute Gasteiger partial charge is 0.255 e. The summed E-state index contributed by atoms with van der Waals surface area (Å²) in [7, 11) is 0. The van der Waals surface area contributed by atoms with Gasteiger partial charge in [-0.15, -0.1) is 0 Å². The molecule has 0 bridgehead atoms. The highest BCUT2D eigenvalue weighted by molar-refractivity contribution is 6.09. The van der Waals surface area contributed by atoms with Crippen LogP contribution < -0.4 is 10.6 Å². The summed E-state index contributed by atoms with van der Waals surface area (Å²) in [5, 5.41) is 6.26. The second-order valence-corrected chi connectivity index (χ2v) is 8.11. The highest BCUT2D eigenvalue weighted by Gasteiger charge is 2.41. The topological polar surface area (TPSA) is 84.2 Å². The number of rotatable bonds is 4. The summed E-state index contributed by atoms with van der Waals surface area (Å²) in [6.45, 7) is 1.88. The van der Waals surface area contributed by atoms with Gasteiger partial charge in [-0.05, 0) is 43.2 Å². The van der Waals surface area contributed by atoms with E-state index < -0.39 is 5.92 Å². The number of pyridine rings is 1. The maximum atomic E-state index is 13.4. The molecule has 6 heteroatoms. The van der Waals surface area contributed by atoms with Crippen molar-refractivity contribution in [2.75, 3.05) is 5.32 Å². The maximum Gasteiger partial charge on any atom is 0.255 e. The number of amides is 1. The third-order valence-electron chi connectivity index (χ3n) is 6.06. The molecule has 1 amide bonds. The molecule has 1 aromatic carbocycles. The van der Waals surface area contributed by atoms with E-state index in [-0.39, 0.29) is 17.6 Å². The second kappa shape index (κ2) is 8.30. The first-order valence-electron chi connectivity index (χ1n) is 10.7. The molecule has 1 aliphatic carbocycles. The normalized spacial score (nSPS) is 20.6. The monoisotopic (exact) mass is 425 g/mol. The zero-order chi connectivity index (χ0) is 22.1. The molecule has 160 valence electrons. The van der Waals surface area contributed by atoms with Gasteiger partial charge in [0.15, 0.2) is 5.78 Å². The van der Waals surface area contributed by atoms with Gasteiger partial charge < -0.3 is 15.1 Å². The van der Waals surface area contributed by atoms with E-state index in [0.29, 0.717) is 29.8 Å². The van der Waals surface area contributed by atoms with Crippen molar-refractivity contribution in [1.82, 2.24) is 10.3 Å². The minimum atomic E-state index is -0.443. The molecule has 3 heterocycles. The van der Waals surface area contributed by atoms with E-state index >= 15 is 0 Å². The van der Waals surface area contributed by atoms with Gasteiger partial charge in [-0.25, -0.2) is 4.98 Å². The van der Waals surface area contributed by atoms with Crippen molar-refractivity contribution in [3.63, 3.8) is 0 Å². The molecular formula is C26H23N3O3. The quantitative estimate of drug-likeness (QED) is 0.634. The summed E-state index contributed by atoms with van der Waals surface area (Å²) in [5.74, 6) is 0.582. The van der Waals surface area contributed by atoms with Gasteiger partial charge >= 0.3 is 0 Å². The minimum absolute atomic E-state index is 0.0168. The molecule has 1 aliphatic heterocycles. The van der Waals surface area contributed by atoms with Gasteiger partial charge in [-0.1, -0.05) is 36.4 Å². The Hall–Kier alpha value is -3.93. The molecule has 2 N–H and O–H groups in total. The lowest BCUT2D eigenvalue weighted by atomic mass is 9.72. The number of nitrogens with one attached hydrogen (secondary N) is 2. The van der Waals surface area contributed by atoms with Crippen LogP contribution in [0.5, 0.6) is 0 Å². The summed E-state index contributed by atoms with van der Waals surface area (Å²) in [4.78, 5) is 31.0. The summed E-state index contributed by atoms with van der Waals surface area (Å²) >= 11 is 0. The van der Waals surface area contributed by atoms with Gasteiger partial charge in [-0.2, -0.15) is 0 Å². The fourth-order valence-corrected chi connectivity index (χ4v) is 4.66. The zero-order valence-corrected chi connectivity index (χ0v) is 17.7. The van der Waals surface area contributed by atoms with Crippen molar-refractivity contribution in [3.8, 4) is 0 Å². The maximum absolute atomic E-state index is 13.4. The zero-order valence-electron chi connectivity index (χ0n) is 17.7. The van der Waals surface area contributed by atoms with E-state index in [4.69, 9.17) is 4.42 Å². The van der Waals surface area contributed by atoms with Crippen molar-refractivity contribution >= 4 is 17.5 Å². The summed E-state index contributed by atoms with van der Waals surface area (Å²) in [6, 6.07) is 18.8. The van der Waals surface area contributed by atoms with Crippen LogP contribution in [0.4, 0.5) is 5.82 Å².